The van der Waals surface area contributed by atoms with E-state index in [0.29, 0.717) is 36.2 Å². The van der Waals surface area contributed by atoms with Crippen LogP contribution in [0.5, 0.6) is 5.75 Å². The summed E-state index contributed by atoms with van der Waals surface area (Å²) in [4.78, 5) is 31.3. The Morgan fingerprint density at radius 3 is 2.58 bits per heavy atom. The first-order chi connectivity index (χ1) is 17.5. The van der Waals surface area contributed by atoms with Gasteiger partial charge in [0, 0.05) is 30.5 Å². The minimum Gasteiger partial charge on any atom is -0.497 e. The molecule has 0 spiro atoms. The van der Waals surface area contributed by atoms with Crippen molar-refractivity contribution in [2.75, 3.05) is 38.6 Å². The molecule has 0 unspecified atom stereocenters. The average molecular weight is 509 g/mol. The second-order valence-electron chi connectivity index (χ2n) is 7.97. The minimum atomic E-state index is -0.566. The van der Waals surface area contributed by atoms with Crippen LogP contribution in [0.4, 0.5) is 11.4 Å². The predicted octanol–water partition coefficient (Wildman–Crippen LogP) is 4.33. The van der Waals surface area contributed by atoms with E-state index in [1.807, 2.05) is 47.8 Å². The minimum absolute atomic E-state index is 0.150. The van der Waals surface area contributed by atoms with E-state index in [-0.39, 0.29) is 18.2 Å². The van der Waals surface area contributed by atoms with Gasteiger partial charge in [-0.3, -0.25) is 4.79 Å². The van der Waals surface area contributed by atoms with Crippen LogP contribution in [0.1, 0.15) is 20.9 Å². The largest absolute Gasteiger partial charge is 0.497 e. The molecule has 188 valence electrons. The summed E-state index contributed by atoms with van der Waals surface area (Å²) in [5, 5.41) is 8.84. The van der Waals surface area contributed by atoms with Gasteiger partial charge in [0.1, 0.15) is 18.0 Å². The maximum absolute atomic E-state index is 12.9. The standard InChI is InChI=1S/C26H28N4O5S/c1-33-16-22(31)29-23-21-13-18(27-15-20-5-4-12-36-20)14-28-25(21)30(24(23)26(32)35-3)11-10-17-6-8-19(34-2)9-7-17/h4-9,12-14,27H,10-11,15-16H2,1-3H3,(H,29,31). The number of hydrogen-bond donors (Lipinski definition) is 2. The lowest BCUT2D eigenvalue weighted by molar-refractivity contribution is -0.119. The summed E-state index contributed by atoms with van der Waals surface area (Å²) >= 11 is 1.66. The second kappa shape index (κ2) is 11.7. The van der Waals surface area contributed by atoms with Crippen molar-refractivity contribution in [2.45, 2.75) is 19.5 Å². The van der Waals surface area contributed by atoms with Gasteiger partial charge in [-0.1, -0.05) is 18.2 Å². The lowest BCUT2D eigenvalue weighted by atomic mass is 10.1. The molecule has 0 aliphatic heterocycles. The number of nitrogens with one attached hydrogen (secondary N) is 2. The van der Waals surface area contributed by atoms with Gasteiger partial charge in [0.05, 0.1) is 31.8 Å². The normalized spacial score (nSPS) is 10.9. The van der Waals surface area contributed by atoms with E-state index in [9.17, 15) is 9.59 Å². The lowest BCUT2D eigenvalue weighted by Crippen LogP contribution is -2.20. The number of anilines is 2. The second-order valence-corrected chi connectivity index (χ2v) is 9.01. The molecule has 3 heterocycles. The molecule has 0 radical (unpaired) electrons. The molecule has 0 saturated carbocycles. The number of aryl methyl sites for hydroxylation is 2. The summed E-state index contributed by atoms with van der Waals surface area (Å²) in [5.41, 5.74) is 2.97. The van der Waals surface area contributed by atoms with Crippen LogP contribution in [-0.4, -0.2) is 49.4 Å². The first kappa shape index (κ1) is 25.2. The van der Waals surface area contributed by atoms with E-state index < -0.39 is 5.97 Å². The van der Waals surface area contributed by atoms with Crippen molar-refractivity contribution in [2.24, 2.45) is 0 Å². The molecule has 4 aromatic rings. The number of carbonyl (C=O) groups is 2. The Kier molecular flexibility index (Phi) is 8.19. The van der Waals surface area contributed by atoms with Crippen LogP contribution in [0.2, 0.25) is 0 Å². The molecule has 10 heteroatoms. The van der Waals surface area contributed by atoms with Gasteiger partial charge in [-0.2, -0.15) is 0 Å². The van der Waals surface area contributed by atoms with Gasteiger partial charge in [-0.25, -0.2) is 9.78 Å². The first-order valence-electron chi connectivity index (χ1n) is 11.3. The summed E-state index contributed by atoms with van der Waals surface area (Å²) in [5.74, 6) is -0.176. The number of benzene rings is 1. The highest BCUT2D eigenvalue weighted by Crippen LogP contribution is 2.33. The molecule has 0 bridgehead atoms. The van der Waals surface area contributed by atoms with Crippen molar-refractivity contribution >= 4 is 45.6 Å². The Morgan fingerprint density at radius 2 is 1.92 bits per heavy atom. The third-order valence-electron chi connectivity index (χ3n) is 5.65. The van der Waals surface area contributed by atoms with E-state index in [2.05, 4.69) is 15.6 Å². The zero-order valence-corrected chi connectivity index (χ0v) is 21.2. The van der Waals surface area contributed by atoms with Crippen LogP contribution in [0.3, 0.4) is 0 Å². The highest BCUT2D eigenvalue weighted by atomic mass is 32.1. The molecule has 0 fully saturated rings. The monoisotopic (exact) mass is 508 g/mol. The van der Waals surface area contributed by atoms with Crippen molar-refractivity contribution in [3.63, 3.8) is 0 Å². The summed E-state index contributed by atoms with van der Waals surface area (Å²) in [6.45, 7) is 0.934. The van der Waals surface area contributed by atoms with E-state index in [1.165, 1.54) is 19.1 Å². The molecule has 0 atom stereocenters. The van der Waals surface area contributed by atoms with Gasteiger partial charge < -0.3 is 29.4 Å². The molecular weight excluding hydrogens is 480 g/mol. The zero-order valence-electron chi connectivity index (χ0n) is 20.4. The van der Waals surface area contributed by atoms with E-state index in [0.717, 1.165) is 17.0 Å². The maximum Gasteiger partial charge on any atom is 0.356 e. The van der Waals surface area contributed by atoms with Gasteiger partial charge >= 0.3 is 5.97 Å². The van der Waals surface area contributed by atoms with Crippen molar-refractivity contribution in [3.8, 4) is 5.75 Å². The summed E-state index contributed by atoms with van der Waals surface area (Å²) < 4.78 is 17.1. The lowest BCUT2D eigenvalue weighted by Gasteiger charge is -2.11. The van der Waals surface area contributed by atoms with Crippen LogP contribution in [-0.2, 0) is 33.8 Å². The Labute approximate surface area is 213 Å². The number of carbonyl (C=O) groups excluding carboxylic acids is 2. The van der Waals surface area contributed by atoms with Gasteiger partial charge in [-0.15, -0.1) is 11.3 Å². The van der Waals surface area contributed by atoms with Crippen LogP contribution in [0, 0.1) is 0 Å². The van der Waals surface area contributed by atoms with E-state index in [1.54, 1.807) is 29.2 Å². The molecular formula is C26H28N4O5S. The van der Waals surface area contributed by atoms with Crippen LogP contribution < -0.4 is 15.4 Å². The molecule has 1 aromatic carbocycles. The molecule has 1 amide bonds. The van der Waals surface area contributed by atoms with Crippen molar-refractivity contribution in [1.82, 2.24) is 9.55 Å². The summed E-state index contributed by atoms with van der Waals surface area (Å²) in [7, 11) is 4.38. The fourth-order valence-electron chi connectivity index (χ4n) is 3.92. The number of methoxy groups -OCH3 is 3. The Bertz CT molecular complexity index is 1330. The van der Waals surface area contributed by atoms with Gasteiger partial charge in [0.25, 0.3) is 0 Å². The topological polar surface area (TPSA) is 104 Å². The van der Waals surface area contributed by atoms with Gasteiger partial charge in [0.2, 0.25) is 5.91 Å². The fourth-order valence-corrected chi connectivity index (χ4v) is 4.56. The third kappa shape index (κ3) is 5.67. The van der Waals surface area contributed by atoms with E-state index in [4.69, 9.17) is 14.2 Å². The summed E-state index contributed by atoms with van der Waals surface area (Å²) in [6, 6.07) is 13.7. The molecule has 9 nitrogen and oxygen atoms in total. The zero-order chi connectivity index (χ0) is 25.5. The Balaban J connectivity index is 1.74. The number of rotatable bonds is 11. The van der Waals surface area contributed by atoms with Crippen molar-refractivity contribution < 1.29 is 23.8 Å². The molecule has 0 aliphatic rings. The fraction of sp³-hybridized carbons (Fsp3) is 0.269. The van der Waals surface area contributed by atoms with Crippen molar-refractivity contribution in [3.05, 3.63) is 70.2 Å². The number of esters is 1. The smallest absolute Gasteiger partial charge is 0.356 e. The number of ether oxygens (including phenoxy) is 3. The molecule has 3 aromatic heterocycles. The highest BCUT2D eigenvalue weighted by Gasteiger charge is 2.26. The molecule has 4 rings (SSSR count). The van der Waals surface area contributed by atoms with Crippen LogP contribution in [0.15, 0.2) is 54.0 Å². The number of nitrogens with zero attached hydrogens (tertiary/aromatic N) is 2. The molecule has 2 N–H and O–H groups in total. The Morgan fingerprint density at radius 1 is 1.11 bits per heavy atom. The summed E-state index contributed by atoms with van der Waals surface area (Å²) in [6.07, 6.45) is 2.35. The van der Waals surface area contributed by atoms with E-state index >= 15 is 0 Å². The predicted molar refractivity (Wildman–Crippen MR) is 140 cm³/mol. The number of pyridine rings is 1. The number of thiophene rings is 1. The quantitative estimate of drug-likeness (QED) is 0.291. The van der Waals surface area contributed by atoms with Gasteiger partial charge in [-0.05, 0) is 41.6 Å². The van der Waals surface area contributed by atoms with Gasteiger partial charge in [0.15, 0.2) is 5.69 Å². The first-order valence-corrected chi connectivity index (χ1v) is 12.2. The van der Waals surface area contributed by atoms with Crippen LogP contribution >= 0.6 is 11.3 Å². The number of hydrogen-bond acceptors (Lipinski definition) is 8. The third-order valence-corrected chi connectivity index (χ3v) is 6.52. The Hall–Kier alpha value is -3.89. The molecule has 0 aliphatic carbocycles. The maximum atomic E-state index is 12.9. The molecule has 36 heavy (non-hydrogen) atoms. The molecule has 0 saturated heterocycles. The van der Waals surface area contributed by atoms with Crippen molar-refractivity contribution in [1.29, 1.82) is 0 Å². The average Bonchev–Trinajstić information content (AvgIpc) is 3.52. The highest BCUT2D eigenvalue weighted by molar-refractivity contribution is 7.09. The SMILES string of the molecule is COCC(=O)Nc1c(C(=O)OC)n(CCc2ccc(OC)cc2)c2ncc(NCc3cccs3)cc12. The van der Waals surface area contributed by atoms with Crippen LogP contribution in [0.25, 0.3) is 11.0 Å². The number of fused-ring (bicyclic) bond motifs is 1. The number of amides is 1. The number of aromatic nitrogens is 2.